The zero-order valence-electron chi connectivity index (χ0n) is 7.56. The van der Waals surface area contributed by atoms with E-state index in [0.717, 1.165) is 16.3 Å². The Hall–Kier alpha value is -1.69. The second-order valence-electron chi connectivity index (χ2n) is 2.77. The van der Waals surface area contributed by atoms with Gasteiger partial charge in [0.25, 0.3) is 0 Å². The lowest BCUT2D eigenvalue weighted by molar-refractivity contribution is 1.18. The molecule has 2 heterocycles. The Kier molecular flexibility index (Phi) is 2.05. The van der Waals surface area contributed by atoms with Crippen LogP contribution in [0.2, 0.25) is 0 Å². The summed E-state index contributed by atoms with van der Waals surface area (Å²) in [6.07, 6.45) is 1.62. The zero-order valence-corrected chi connectivity index (χ0v) is 8.38. The largest absolute Gasteiger partial charge is 0.375 e. The van der Waals surface area contributed by atoms with Gasteiger partial charge in [-0.15, -0.1) is 0 Å². The molecule has 0 spiro atoms. The molecule has 2 rings (SSSR count). The molecule has 14 heavy (non-hydrogen) atoms. The third-order valence-corrected chi connectivity index (χ3v) is 2.73. The predicted octanol–water partition coefficient (Wildman–Crippen LogP) is 1.07. The summed E-state index contributed by atoms with van der Waals surface area (Å²) < 4.78 is 0. The van der Waals surface area contributed by atoms with Crippen LogP contribution in [0, 0.1) is 6.92 Å². The normalized spacial score (nSPS) is 10.4. The van der Waals surface area contributed by atoms with E-state index < -0.39 is 0 Å². The summed E-state index contributed by atoms with van der Waals surface area (Å²) in [6, 6.07) is 1.79. The molecule has 0 radical (unpaired) electrons. The Morgan fingerprint density at radius 3 is 2.64 bits per heavy atom. The average Bonchev–Trinajstić information content (AvgIpc) is 2.45. The Labute approximate surface area is 84.8 Å². The highest BCUT2D eigenvalue weighted by atomic mass is 32.1. The molecule has 0 bridgehead atoms. The van der Waals surface area contributed by atoms with Crippen LogP contribution in [0.4, 0.5) is 11.1 Å². The molecule has 0 aliphatic heterocycles. The van der Waals surface area contributed by atoms with Gasteiger partial charge in [-0.1, -0.05) is 11.3 Å². The quantitative estimate of drug-likeness (QED) is 0.730. The molecule has 0 saturated carbocycles. The highest BCUT2D eigenvalue weighted by Crippen LogP contribution is 2.29. The zero-order chi connectivity index (χ0) is 10.1. The highest BCUT2D eigenvalue weighted by Gasteiger charge is 2.09. The minimum absolute atomic E-state index is 0.258. The van der Waals surface area contributed by atoms with Crippen molar-refractivity contribution >= 4 is 22.4 Å². The maximum Gasteiger partial charge on any atom is 0.220 e. The van der Waals surface area contributed by atoms with Gasteiger partial charge in [-0.2, -0.15) is 0 Å². The number of nitrogens with zero attached hydrogens (tertiary/aromatic N) is 3. The summed E-state index contributed by atoms with van der Waals surface area (Å²) in [5, 5.41) is 0.537. The van der Waals surface area contributed by atoms with E-state index in [1.54, 1.807) is 12.3 Å². The van der Waals surface area contributed by atoms with Crippen molar-refractivity contribution in [3.63, 3.8) is 0 Å². The van der Waals surface area contributed by atoms with Gasteiger partial charge < -0.3 is 11.5 Å². The standard InChI is InChI=1S/C8H9N5S/c1-4-6(14-8(10)12-4)5-2-3-11-7(9)13-5/h2-3H,1H3,(H2,10,12)(H2,9,11,13). The van der Waals surface area contributed by atoms with Crippen molar-refractivity contribution in [3.05, 3.63) is 18.0 Å². The van der Waals surface area contributed by atoms with E-state index in [9.17, 15) is 0 Å². The minimum Gasteiger partial charge on any atom is -0.375 e. The van der Waals surface area contributed by atoms with Crippen LogP contribution in [0.25, 0.3) is 10.6 Å². The molecule has 2 aromatic heterocycles. The average molecular weight is 207 g/mol. The predicted molar refractivity (Wildman–Crippen MR) is 56.7 cm³/mol. The molecular weight excluding hydrogens is 198 g/mol. The van der Waals surface area contributed by atoms with E-state index in [0.29, 0.717) is 5.13 Å². The number of anilines is 2. The summed E-state index contributed by atoms with van der Waals surface area (Å²) in [4.78, 5) is 13.0. The van der Waals surface area contributed by atoms with Crippen LogP contribution < -0.4 is 11.5 Å². The van der Waals surface area contributed by atoms with Crippen molar-refractivity contribution in [1.29, 1.82) is 0 Å². The third-order valence-electron chi connectivity index (χ3n) is 1.72. The fourth-order valence-corrected chi connectivity index (χ4v) is 1.96. The molecule has 0 amide bonds. The lowest BCUT2D eigenvalue weighted by Gasteiger charge is -1.97. The summed E-state index contributed by atoms with van der Waals surface area (Å²) in [5.41, 5.74) is 12.7. The number of nitrogen functional groups attached to an aromatic ring is 2. The van der Waals surface area contributed by atoms with Crippen molar-refractivity contribution in [2.24, 2.45) is 0 Å². The van der Waals surface area contributed by atoms with Gasteiger partial charge in [0.05, 0.1) is 16.3 Å². The van der Waals surface area contributed by atoms with Crippen LogP contribution >= 0.6 is 11.3 Å². The van der Waals surface area contributed by atoms with Gasteiger partial charge in [0.1, 0.15) is 0 Å². The molecule has 6 heteroatoms. The fourth-order valence-electron chi connectivity index (χ4n) is 1.16. The van der Waals surface area contributed by atoms with Gasteiger partial charge in [0.15, 0.2) is 5.13 Å². The van der Waals surface area contributed by atoms with Gasteiger partial charge in [-0.05, 0) is 13.0 Å². The second kappa shape index (κ2) is 3.22. The number of aromatic nitrogens is 3. The first kappa shape index (κ1) is 8.89. The van der Waals surface area contributed by atoms with Gasteiger partial charge in [-0.3, -0.25) is 0 Å². The van der Waals surface area contributed by atoms with Crippen molar-refractivity contribution in [1.82, 2.24) is 15.0 Å². The molecule has 0 aliphatic rings. The van der Waals surface area contributed by atoms with Gasteiger partial charge in [0.2, 0.25) is 5.95 Å². The smallest absolute Gasteiger partial charge is 0.220 e. The molecule has 0 aromatic carbocycles. The Morgan fingerprint density at radius 2 is 2.07 bits per heavy atom. The SMILES string of the molecule is Cc1nc(N)sc1-c1ccnc(N)n1. The number of hydrogen-bond acceptors (Lipinski definition) is 6. The first-order valence-corrected chi connectivity index (χ1v) is 4.80. The number of rotatable bonds is 1. The molecule has 0 saturated heterocycles. The van der Waals surface area contributed by atoms with E-state index in [1.165, 1.54) is 11.3 Å². The lowest BCUT2D eigenvalue weighted by Crippen LogP contribution is -1.94. The van der Waals surface area contributed by atoms with E-state index in [2.05, 4.69) is 15.0 Å². The van der Waals surface area contributed by atoms with Gasteiger partial charge >= 0.3 is 0 Å². The molecule has 0 unspecified atom stereocenters. The monoisotopic (exact) mass is 207 g/mol. The molecular formula is C8H9N5S. The molecule has 0 fully saturated rings. The first-order chi connectivity index (χ1) is 6.66. The van der Waals surface area contributed by atoms with Gasteiger partial charge in [0, 0.05) is 6.20 Å². The third kappa shape index (κ3) is 1.51. The van der Waals surface area contributed by atoms with Crippen LogP contribution in [0.5, 0.6) is 0 Å². The number of nitrogens with two attached hydrogens (primary N) is 2. The fraction of sp³-hybridized carbons (Fsp3) is 0.125. The van der Waals surface area contributed by atoms with Gasteiger partial charge in [-0.25, -0.2) is 15.0 Å². The number of hydrogen-bond donors (Lipinski definition) is 2. The van der Waals surface area contributed by atoms with Crippen LogP contribution in [-0.2, 0) is 0 Å². The molecule has 2 aromatic rings. The summed E-state index contributed by atoms with van der Waals surface area (Å²) >= 11 is 1.40. The molecule has 5 nitrogen and oxygen atoms in total. The van der Waals surface area contributed by atoms with Crippen LogP contribution in [0.3, 0.4) is 0 Å². The molecule has 4 N–H and O–H groups in total. The van der Waals surface area contributed by atoms with Crippen LogP contribution in [0.15, 0.2) is 12.3 Å². The highest BCUT2D eigenvalue weighted by molar-refractivity contribution is 7.18. The molecule has 72 valence electrons. The lowest BCUT2D eigenvalue weighted by atomic mass is 10.3. The van der Waals surface area contributed by atoms with E-state index in [4.69, 9.17) is 11.5 Å². The van der Waals surface area contributed by atoms with Crippen LogP contribution in [0.1, 0.15) is 5.69 Å². The minimum atomic E-state index is 0.258. The maximum atomic E-state index is 5.59. The number of aryl methyl sites for hydroxylation is 1. The molecule has 0 aliphatic carbocycles. The van der Waals surface area contributed by atoms with Crippen molar-refractivity contribution in [3.8, 4) is 10.6 Å². The second-order valence-corrected chi connectivity index (χ2v) is 3.80. The summed E-state index contributed by atoms with van der Waals surface area (Å²) in [7, 11) is 0. The Balaban J connectivity index is 2.54. The van der Waals surface area contributed by atoms with E-state index in [-0.39, 0.29) is 5.95 Å². The Morgan fingerprint density at radius 1 is 1.29 bits per heavy atom. The van der Waals surface area contributed by atoms with Crippen molar-refractivity contribution in [2.75, 3.05) is 11.5 Å². The first-order valence-electron chi connectivity index (χ1n) is 3.98. The summed E-state index contributed by atoms with van der Waals surface area (Å²) in [6.45, 7) is 1.89. The maximum absolute atomic E-state index is 5.59. The molecule has 0 atom stereocenters. The van der Waals surface area contributed by atoms with Crippen molar-refractivity contribution < 1.29 is 0 Å². The van der Waals surface area contributed by atoms with Crippen molar-refractivity contribution in [2.45, 2.75) is 6.92 Å². The van der Waals surface area contributed by atoms with E-state index >= 15 is 0 Å². The summed E-state index contributed by atoms with van der Waals surface area (Å²) in [5.74, 6) is 0.258. The van der Waals surface area contributed by atoms with E-state index in [1.807, 2.05) is 6.92 Å². The number of thiazole rings is 1. The topological polar surface area (TPSA) is 90.7 Å². The Bertz CT molecular complexity index is 465. The van der Waals surface area contributed by atoms with Crippen LogP contribution in [-0.4, -0.2) is 15.0 Å².